The van der Waals surface area contributed by atoms with Crippen LogP contribution in [0.25, 0.3) is 0 Å². The minimum atomic E-state index is -3.41. The number of hydrogen-bond acceptors (Lipinski definition) is 5. The standard InChI is InChI=1S/C15H17N3O5S/c1-10(16-15(20)11-6-7-23-9-11)14(19)17-12-4-3-5-13(8-12)18-24(2,21)22/h3-10,18H,1-2H3,(H,16,20)(H,17,19)/t10-/m0/s1. The van der Waals surface area contributed by atoms with Crippen LogP contribution in [0.15, 0.2) is 47.3 Å². The molecule has 0 aliphatic carbocycles. The van der Waals surface area contributed by atoms with Crippen LogP contribution >= 0.6 is 0 Å². The van der Waals surface area contributed by atoms with Crippen molar-refractivity contribution in [1.82, 2.24) is 5.32 Å². The summed E-state index contributed by atoms with van der Waals surface area (Å²) in [5, 5.41) is 5.14. The highest BCUT2D eigenvalue weighted by atomic mass is 32.2. The van der Waals surface area contributed by atoms with Gasteiger partial charge in [0.1, 0.15) is 12.3 Å². The van der Waals surface area contributed by atoms with Crippen LogP contribution in [0, 0.1) is 0 Å². The summed E-state index contributed by atoms with van der Waals surface area (Å²) in [7, 11) is -3.41. The van der Waals surface area contributed by atoms with Crippen LogP contribution in [0.1, 0.15) is 17.3 Å². The minimum Gasteiger partial charge on any atom is -0.472 e. The van der Waals surface area contributed by atoms with Crippen molar-refractivity contribution in [3.8, 4) is 0 Å². The number of rotatable bonds is 6. The normalized spacial score (nSPS) is 12.2. The van der Waals surface area contributed by atoms with Gasteiger partial charge in [-0.15, -0.1) is 0 Å². The number of carbonyl (C=O) groups excluding carboxylic acids is 2. The molecule has 1 heterocycles. The Kier molecular flexibility index (Phi) is 5.24. The monoisotopic (exact) mass is 351 g/mol. The molecule has 8 nitrogen and oxygen atoms in total. The Hall–Kier alpha value is -2.81. The first-order chi connectivity index (χ1) is 11.2. The third-order valence-corrected chi connectivity index (χ3v) is 3.56. The molecule has 128 valence electrons. The van der Waals surface area contributed by atoms with E-state index in [1.165, 1.54) is 31.6 Å². The van der Waals surface area contributed by atoms with Gasteiger partial charge in [0.25, 0.3) is 5.91 Å². The summed E-state index contributed by atoms with van der Waals surface area (Å²) in [6.07, 6.45) is 3.67. The van der Waals surface area contributed by atoms with Gasteiger partial charge in [0.15, 0.2) is 0 Å². The molecule has 3 N–H and O–H groups in total. The zero-order valence-electron chi connectivity index (χ0n) is 13.1. The van der Waals surface area contributed by atoms with Crippen LogP contribution in [0.4, 0.5) is 11.4 Å². The lowest BCUT2D eigenvalue weighted by Crippen LogP contribution is -2.41. The Bertz CT molecular complexity index is 831. The fraction of sp³-hybridized carbons (Fsp3) is 0.200. The van der Waals surface area contributed by atoms with E-state index in [-0.39, 0.29) is 0 Å². The predicted octanol–water partition coefficient (Wildman–Crippen LogP) is 1.41. The maximum Gasteiger partial charge on any atom is 0.255 e. The lowest BCUT2D eigenvalue weighted by Gasteiger charge is -2.14. The molecule has 1 atom stereocenters. The molecule has 0 fully saturated rings. The van der Waals surface area contributed by atoms with E-state index in [1.54, 1.807) is 18.2 Å². The van der Waals surface area contributed by atoms with Crippen molar-refractivity contribution in [2.45, 2.75) is 13.0 Å². The molecule has 0 unspecified atom stereocenters. The first-order valence-electron chi connectivity index (χ1n) is 6.96. The smallest absolute Gasteiger partial charge is 0.255 e. The van der Waals surface area contributed by atoms with Crippen LogP contribution in [0.5, 0.6) is 0 Å². The van der Waals surface area contributed by atoms with E-state index < -0.39 is 27.9 Å². The Morgan fingerprint density at radius 3 is 2.50 bits per heavy atom. The molecule has 0 aliphatic heterocycles. The average molecular weight is 351 g/mol. The van der Waals surface area contributed by atoms with Crippen LogP contribution < -0.4 is 15.4 Å². The van der Waals surface area contributed by atoms with Crippen molar-refractivity contribution >= 4 is 33.2 Å². The molecule has 0 bridgehead atoms. The molecule has 0 saturated heterocycles. The van der Waals surface area contributed by atoms with E-state index in [0.717, 1.165) is 6.26 Å². The summed E-state index contributed by atoms with van der Waals surface area (Å²) in [6.45, 7) is 1.53. The molecular formula is C15H17N3O5S. The third-order valence-electron chi connectivity index (χ3n) is 2.96. The topological polar surface area (TPSA) is 118 Å². The summed E-state index contributed by atoms with van der Waals surface area (Å²) in [5.41, 5.74) is 1.04. The first-order valence-corrected chi connectivity index (χ1v) is 8.85. The summed E-state index contributed by atoms with van der Waals surface area (Å²) in [6, 6.07) is 6.93. The molecule has 9 heteroatoms. The summed E-state index contributed by atoms with van der Waals surface area (Å²) in [4.78, 5) is 24.0. The number of amides is 2. The molecule has 1 aromatic carbocycles. The highest BCUT2D eigenvalue weighted by Crippen LogP contribution is 2.16. The van der Waals surface area contributed by atoms with Gasteiger partial charge in [0.05, 0.1) is 23.8 Å². The van der Waals surface area contributed by atoms with Gasteiger partial charge in [-0.05, 0) is 31.2 Å². The molecule has 2 aromatic rings. The molecule has 2 amide bonds. The minimum absolute atomic E-state index is 0.314. The Morgan fingerprint density at radius 1 is 1.17 bits per heavy atom. The van der Waals surface area contributed by atoms with Crippen molar-refractivity contribution in [3.63, 3.8) is 0 Å². The lowest BCUT2D eigenvalue weighted by atomic mass is 10.2. The highest BCUT2D eigenvalue weighted by Gasteiger charge is 2.17. The van der Waals surface area contributed by atoms with Crippen molar-refractivity contribution < 1.29 is 22.4 Å². The summed E-state index contributed by atoms with van der Waals surface area (Å²) < 4.78 is 29.6. The Balaban J connectivity index is 1.98. The van der Waals surface area contributed by atoms with Gasteiger partial charge in [-0.2, -0.15) is 0 Å². The number of carbonyl (C=O) groups is 2. The average Bonchev–Trinajstić information content (AvgIpc) is 2.99. The number of anilines is 2. The summed E-state index contributed by atoms with van der Waals surface area (Å²) >= 11 is 0. The van der Waals surface area contributed by atoms with E-state index in [2.05, 4.69) is 15.4 Å². The van der Waals surface area contributed by atoms with Gasteiger partial charge >= 0.3 is 0 Å². The fourth-order valence-corrected chi connectivity index (χ4v) is 2.42. The van der Waals surface area contributed by atoms with E-state index in [4.69, 9.17) is 4.42 Å². The second kappa shape index (κ2) is 7.18. The van der Waals surface area contributed by atoms with E-state index in [0.29, 0.717) is 16.9 Å². The van der Waals surface area contributed by atoms with Gasteiger partial charge < -0.3 is 15.1 Å². The number of nitrogens with one attached hydrogen (secondary N) is 3. The van der Waals surface area contributed by atoms with Crippen LogP contribution in [-0.2, 0) is 14.8 Å². The third kappa shape index (κ3) is 5.13. The van der Waals surface area contributed by atoms with Crippen molar-refractivity contribution in [2.75, 3.05) is 16.3 Å². The Morgan fingerprint density at radius 2 is 1.88 bits per heavy atom. The number of hydrogen-bond donors (Lipinski definition) is 3. The van der Waals surface area contributed by atoms with Gasteiger partial charge in [0, 0.05) is 5.69 Å². The van der Waals surface area contributed by atoms with Gasteiger partial charge in [0.2, 0.25) is 15.9 Å². The van der Waals surface area contributed by atoms with Gasteiger partial charge in [-0.3, -0.25) is 14.3 Å². The van der Waals surface area contributed by atoms with Crippen LogP contribution in [0.2, 0.25) is 0 Å². The fourth-order valence-electron chi connectivity index (χ4n) is 1.86. The second-order valence-corrected chi connectivity index (χ2v) is 6.90. The number of furan rings is 1. The van der Waals surface area contributed by atoms with E-state index >= 15 is 0 Å². The molecule has 1 aromatic heterocycles. The molecule has 24 heavy (non-hydrogen) atoms. The zero-order chi connectivity index (χ0) is 17.7. The largest absolute Gasteiger partial charge is 0.472 e. The molecule has 2 rings (SSSR count). The molecule has 0 spiro atoms. The van der Waals surface area contributed by atoms with E-state index in [1.807, 2.05) is 0 Å². The van der Waals surface area contributed by atoms with Crippen LogP contribution in [-0.4, -0.2) is 32.5 Å². The van der Waals surface area contributed by atoms with Crippen molar-refractivity contribution in [3.05, 3.63) is 48.4 Å². The molecule has 0 saturated carbocycles. The maximum absolute atomic E-state index is 12.1. The quantitative estimate of drug-likeness (QED) is 0.727. The van der Waals surface area contributed by atoms with Crippen molar-refractivity contribution in [2.24, 2.45) is 0 Å². The summed E-state index contributed by atoms with van der Waals surface area (Å²) in [5.74, 6) is -0.873. The number of benzene rings is 1. The van der Waals surface area contributed by atoms with Gasteiger partial charge in [-0.1, -0.05) is 6.07 Å². The van der Waals surface area contributed by atoms with Gasteiger partial charge in [-0.25, -0.2) is 8.42 Å². The van der Waals surface area contributed by atoms with Crippen molar-refractivity contribution in [1.29, 1.82) is 0 Å². The predicted molar refractivity (Wildman–Crippen MR) is 89.2 cm³/mol. The molecule has 0 radical (unpaired) electrons. The molecular weight excluding hydrogens is 334 g/mol. The molecule has 0 aliphatic rings. The Labute approximate surface area is 139 Å². The van der Waals surface area contributed by atoms with E-state index in [9.17, 15) is 18.0 Å². The number of sulfonamides is 1. The highest BCUT2D eigenvalue weighted by molar-refractivity contribution is 7.92. The van der Waals surface area contributed by atoms with Crippen LogP contribution in [0.3, 0.4) is 0 Å². The second-order valence-electron chi connectivity index (χ2n) is 5.15. The SMILES string of the molecule is C[C@H](NC(=O)c1ccoc1)C(=O)Nc1cccc(NS(C)(=O)=O)c1. The first kappa shape index (κ1) is 17.5. The maximum atomic E-state index is 12.1. The lowest BCUT2D eigenvalue weighted by molar-refractivity contribution is -0.117. The zero-order valence-corrected chi connectivity index (χ0v) is 13.9.